The molecular formula is C21H24BrNO6S. The summed E-state index contributed by atoms with van der Waals surface area (Å²) < 4.78 is 43.9. The second kappa shape index (κ2) is 10.9. The number of carbonyl (C=O) groups excluding carboxylic acids is 1. The molecular weight excluding hydrogens is 474 g/mol. The van der Waals surface area contributed by atoms with Gasteiger partial charge in [-0.25, -0.2) is 8.42 Å². The minimum Gasteiger partial charge on any atom is -0.494 e. The van der Waals surface area contributed by atoms with Gasteiger partial charge in [0, 0.05) is 24.0 Å². The van der Waals surface area contributed by atoms with Crippen LogP contribution in [0.4, 0.5) is 0 Å². The van der Waals surface area contributed by atoms with Gasteiger partial charge in [0.1, 0.15) is 12.4 Å². The highest BCUT2D eigenvalue weighted by molar-refractivity contribution is 9.10. The Balaban J connectivity index is 1.44. The number of esters is 1. The van der Waals surface area contributed by atoms with Gasteiger partial charge < -0.3 is 14.2 Å². The number of ether oxygens (including phenoxy) is 3. The lowest BCUT2D eigenvalue weighted by molar-refractivity contribution is -0.145. The molecule has 0 N–H and O–H groups in total. The standard InChI is InChI=1S/C21H24BrNO6S/c22-18-6-8-19(9-7-18)28-12-2-5-21(24)29-16-17-3-1-4-20(15-17)30(25,26)23-10-13-27-14-11-23/h1,3-4,6-9,15H,2,5,10-14,16H2. The van der Waals surface area contributed by atoms with Crippen molar-refractivity contribution in [2.75, 3.05) is 32.9 Å². The van der Waals surface area contributed by atoms with Crippen LogP contribution in [0.3, 0.4) is 0 Å². The Morgan fingerprint density at radius 1 is 1.10 bits per heavy atom. The fraction of sp³-hybridized carbons (Fsp3) is 0.381. The Morgan fingerprint density at radius 2 is 1.83 bits per heavy atom. The average molecular weight is 498 g/mol. The summed E-state index contributed by atoms with van der Waals surface area (Å²) in [4.78, 5) is 12.2. The molecule has 0 unspecified atom stereocenters. The molecule has 1 aliphatic heterocycles. The summed E-state index contributed by atoms with van der Waals surface area (Å²) in [6.07, 6.45) is 0.753. The van der Waals surface area contributed by atoms with Gasteiger partial charge in [-0.2, -0.15) is 4.31 Å². The molecule has 0 aliphatic carbocycles. The molecule has 7 nitrogen and oxygen atoms in total. The van der Waals surface area contributed by atoms with Gasteiger partial charge in [0.2, 0.25) is 10.0 Å². The summed E-state index contributed by atoms with van der Waals surface area (Å²) in [5, 5.41) is 0. The van der Waals surface area contributed by atoms with Crippen molar-refractivity contribution in [1.29, 1.82) is 0 Å². The number of hydrogen-bond acceptors (Lipinski definition) is 6. The lowest BCUT2D eigenvalue weighted by atomic mass is 10.2. The van der Waals surface area contributed by atoms with Crippen LogP contribution in [0.1, 0.15) is 18.4 Å². The van der Waals surface area contributed by atoms with E-state index in [0.717, 1.165) is 10.2 Å². The maximum Gasteiger partial charge on any atom is 0.306 e. The molecule has 1 aliphatic rings. The number of benzene rings is 2. The van der Waals surface area contributed by atoms with Gasteiger partial charge in [0.25, 0.3) is 0 Å². The van der Waals surface area contributed by atoms with Crippen LogP contribution in [0.2, 0.25) is 0 Å². The van der Waals surface area contributed by atoms with Crippen LogP contribution in [0, 0.1) is 0 Å². The van der Waals surface area contributed by atoms with Gasteiger partial charge in [-0.05, 0) is 48.4 Å². The monoisotopic (exact) mass is 497 g/mol. The third kappa shape index (κ3) is 6.53. The fourth-order valence-electron chi connectivity index (χ4n) is 2.91. The number of carbonyl (C=O) groups is 1. The average Bonchev–Trinajstić information content (AvgIpc) is 2.77. The molecule has 3 rings (SSSR count). The van der Waals surface area contributed by atoms with Crippen molar-refractivity contribution in [2.24, 2.45) is 0 Å². The van der Waals surface area contributed by atoms with E-state index in [1.165, 1.54) is 4.31 Å². The smallest absolute Gasteiger partial charge is 0.306 e. The van der Waals surface area contributed by atoms with Crippen LogP contribution in [-0.4, -0.2) is 51.6 Å². The van der Waals surface area contributed by atoms with Crippen LogP contribution in [0.25, 0.3) is 0 Å². The molecule has 0 atom stereocenters. The van der Waals surface area contributed by atoms with E-state index in [4.69, 9.17) is 14.2 Å². The van der Waals surface area contributed by atoms with Crippen molar-refractivity contribution < 1.29 is 27.4 Å². The SMILES string of the molecule is O=C(CCCOc1ccc(Br)cc1)OCc1cccc(S(=O)(=O)N2CCOCC2)c1. The van der Waals surface area contributed by atoms with Gasteiger partial charge >= 0.3 is 5.97 Å². The van der Waals surface area contributed by atoms with E-state index in [0.29, 0.717) is 44.9 Å². The van der Waals surface area contributed by atoms with Crippen molar-refractivity contribution in [3.05, 3.63) is 58.6 Å². The molecule has 0 amide bonds. The minimum absolute atomic E-state index is 0.0267. The molecule has 1 fully saturated rings. The van der Waals surface area contributed by atoms with Gasteiger partial charge in [0.15, 0.2) is 0 Å². The normalized spacial score (nSPS) is 15.0. The molecule has 2 aromatic rings. The Morgan fingerprint density at radius 3 is 2.57 bits per heavy atom. The zero-order valence-electron chi connectivity index (χ0n) is 16.5. The van der Waals surface area contributed by atoms with E-state index >= 15 is 0 Å². The second-order valence-corrected chi connectivity index (χ2v) is 9.58. The maximum absolute atomic E-state index is 12.7. The Bertz CT molecular complexity index is 942. The summed E-state index contributed by atoms with van der Waals surface area (Å²) in [5.41, 5.74) is 0.629. The molecule has 0 radical (unpaired) electrons. The minimum atomic E-state index is -3.58. The third-order valence-corrected chi connectivity index (χ3v) is 6.94. The molecule has 9 heteroatoms. The molecule has 0 aromatic heterocycles. The van der Waals surface area contributed by atoms with Gasteiger partial charge in [-0.15, -0.1) is 0 Å². The van der Waals surface area contributed by atoms with E-state index < -0.39 is 10.0 Å². The summed E-state index contributed by atoms with van der Waals surface area (Å²) in [6, 6.07) is 14.0. The maximum atomic E-state index is 12.7. The molecule has 0 saturated carbocycles. The van der Waals surface area contributed by atoms with E-state index in [1.54, 1.807) is 24.3 Å². The van der Waals surface area contributed by atoms with Crippen molar-refractivity contribution in [3.8, 4) is 5.75 Å². The molecule has 0 spiro atoms. The molecule has 30 heavy (non-hydrogen) atoms. The topological polar surface area (TPSA) is 82.1 Å². The predicted molar refractivity (Wildman–Crippen MR) is 115 cm³/mol. The van der Waals surface area contributed by atoms with Crippen molar-refractivity contribution in [3.63, 3.8) is 0 Å². The summed E-state index contributed by atoms with van der Waals surface area (Å²) >= 11 is 3.36. The number of sulfonamides is 1. The molecule has 0 bridgehead atoms. The highest BCUT2D eigenvalue weighted by Gasteiger charge is 2.26. The van der Waals surface area contributed by atoms with E-state index in [2.05, 4.69) is 15.9 Å². The number of hydrogen-bond donors (Lipinski definition) is 0. The highest BCUT2D eigenvalue weighted by atomic mass is 79.9. The van der Waals surface area contributed by atoms with E-state index in [1.807, 2.05) is 24.3 Å². The number of nitrogens with zero attached hydrogens (tertiary/aromatic N) is 1. The quantitative estimate of drug-likeness (QED) is 0.390. The van der Waals surface area contributed by atoms with Crippen LogP contribution in [0.5, 0.6) is 5.75 Å². The lowest BCUT2D eigenvalue weighted by Gasteiger charge is -2.26. The van der Waals surface area contributed by atoms with E-state index in [9.17, 15) is 13.2 Å². The summed E-state index contributed by atoms with van der Waals surface area (Å²) in [5.74, 6) is 0.390. The van der Waals surface area contributed by atoms with Gasteiger partial charge in [0.05, 0.1) is 24.7 Å². The predicted octanol–water partition coefficient (Wildman–Crippen LogP) is 3.37. The van der Waals surface area contributed by atoms with E-state index in [-0.39, 0.29) is 23.9 Å². The first-order chi connectivity index (χ1) is 14.4. The Labute approximate surface area is 185 Å². The van der Waals surface area contributed by atoms with Crippen LogP contribution in [-0.2, 0) is 30.9 Å². The summed E-state index contributed by atoms with van der Waals surface area (Å²) in [7, 11) is -3.58. The first-order valence-corrected chi connectivity index (χ1v) is 11.9. The molecule has 1 heterocycles. The third-order valence-electron chi connectivity index (χ3n) is 4.51. The Kier molecular flexibility index (Phi) is 8.26. The number of halogens is 1. The molecule has 162 valence electrons. The fourth-order valence-corrected chi connectivity index (χ4v) is 4.65. The largest absolute Gasteiger partial charge is 0.494 e. The van der Waals surface area contributed by atoms with Gasteiger partial charge in [-0.1, -0.05) is 28.1 Å². The summed E-state index contributed by atoms with van der Waals surface area (Å²) in [6.45, 7) is 1.89. The van der Waals surface area contributed by atoms with Crippen molar-refractivity contribution in [2.45, 2.75) is 24.3 Å². The first kappa shape index (κ1) is 22.7. The number of rotatable bonds is 9. The zero-order chi connectivity index (χ0) is 21.4. The first-order valence-electron chi connectivity index (χ1n) is 9.66. The zero-order valence-corrected chi connectivity index (χ0v) is 18.9. The van der Waals surface area contributed by atoms with Crippen molar-refractivity contribution in [1.82, 2.24) is 4.31 Å². The lowest BCUT2D eigenvalue weighted by Crippen LogP contribution is -2.40. The van der Waals surface area contributed by atoms with Gasteiger partial charge in [-0.3, -0.25) is 4.79 Å². The van der Waals surface area contributed by atoms with Crippen LogP contribution >= 0.6 is 15.9 Å². The van der Waals surface area contributed by atoms with Crippen molar-refractivity contribution >= 4 is 31.9 Å². The van der Waals surface area contributed by atoms with Crippen LogP contribution in [0.15, 0.2) is 57.9 Å². The highest BCUT2D eigenvalue weighted by Crippen LogP contribution is 2.19. The number of morpholine rings is 1. The molecule has 2 aromatic carbocycles. The van der Waals surface area contributed by atoms with Crippen LogP contribution < -0.4 is 4.74 Å². The molecule has 1 saturated heterocycles. The Hall–Kier alpha value is -1.94. The second-order valence-electron chi connectivity index (χ2n) is 6.73.